The first kappa shape index (κ1) is 14.1. The van der Waals surface area contributed by atoms with Crippen molar-refractivity contribution in [2.45, 2.75) is 19.3 Å². The number of halogens is 2. The van der Waals surface area contributed by atoms with Crippen LogP contribution in [0, 0.1) is 0 Å². The minimum atomic E-state index is -2.55. The van der Waals surface area contributed by atoms with Crippen molar-refractivity contribution in [3.8, 4) is 0 Å². The molecule has 0 spiro atoms. The molecule has 2 N–H and O–H groups in total. The molecule has 6 heteroatoms. The Balaban J connectivity index is 2.39. The van der Waals surface area contributed by atoms with Gasteiger partial charge in [-0.15, -0.1) is 0 Å². The summed E-state index contributed by atoms with van der Waals surface area (Å²) in [6.45, 7) is -0.642. The molecule has 1 aromatic rings. The molecule has 98 valence electrons. The molecule has 1 aromatic carbocycles. The zero-order valence-corrected chi connectivity index (χ0v) is 9.53. The second-order valence-electron chi connectivity index (χ2n) is 3.70. The number of aryl methyl sites for hydroxylation is 1. The summed E-state index contributed by atoms with van der Waals surface area (Å²) in [4.78, 5) is 21.7. The molecule has 0 unspecified atom stereocenters. The van der Waals surface area contributed by atoms with Crippen LogP contribution in [0.15, 0.2) is 24.3 Å². The molecular formula is C12H13F2NO3. The number of carbonyl (C=O) groups excluding carboxylic acids is 1. The number of amides is 1. The van der Waals surface area contributed by atoms with Crippen molar-refractivity contribution in [1.82, 2.24) is 5.32 Å². The van der Waals surface area contributed by atoms with E-state index in [9.17, 15) is 18.4 Å². The highest BCUT2D eigenvalue weighted by Crippen LogP contribution is 2.06. The third kappa shape index (κ3) is 4.90. The maximum atomic E-state index is 11.8. The number of carboxylic acid groups (broad SMARTS) is 1. The summed E-state index contributed by atoms with van der Waals surface area (Å²) in [7, 11) is 0. The average molecular weight is 257 g/mol. The highest BCUT2D eigenvalue weighted by molar-refractivity contribution is 5.87. The maximum Gasteiger partial charge on any atom is 0.335 e. The van der Waals surface area contributed by atoms with Crippen molar-refractivity contribution in [2.75, 3.05) is 6.54 Å². The van der Waals surface area contributed by atoms with Crippen molar-refractivity contribution in [3.63, 3.8) is 0 Å². The largest absolute Gasteiger partial charge is 0.478 e. The van der Waals surface area contributed by atoms with Crippen LogP contribution in [0.4, 0.5) is 8.78 Å². The molecule has 0 saturated carbocycles. The first-order valence-corrected chi connectivity index (χ1v) is 5.36. The van der Waals surface area contributed by atoms with Crippen molar-refractivity contribution in [2.24, 2.45) is 0 Å². The lowest BCUT2D eigenvalue weighted by molar-refractivity contribution is -0.121. The van der Waals surface area contributed by atoms with Crippen molar-refractivity contribution < 1.29 is 23.5 Å². The number of carbonyl (C=O) groups is 2. The lowest BCUT2D eigenvalue weighted by Gasteiger charge is -2.04. The number of nitrogens with one attached hydrogen (secondary N) is 1. The fraction of sp³-hybridized carbons (Fsp3) is 0.333. The minimum absolute atomic E-state index is 0.0964. The van der Waals surface area contributed by atoms with E-state index >= 15 is 0 Å². The molecule has 0 fully saturated rings. The van der Waals surface area contributed by atoms with Gasteiger partial charge in [0.05, 0.1) is 12.1 Å². The zero-order valence-electron chi connectivity index (χ0n) is 9.53. The van der Waals surface area contributed by atoms with Gasteiger partial charge in [0.2, 0.25) is 5.91 Å². The minimum Gasteiger partial charge on any atom is -0.478 e. The van der Waals surface area contributed by atoms with E-state index in [4.69, 9.17) is 5.11 Å². The molecule has 0 aromatic heterocycles. The molecular weight excluding hydrogens is 244 g/mol. The van der Waals surface area contributed by atoms with E-state index in [0.29, 0.717) is 6.42 Å². The quantitative estimate of drug-likeness (QED) is 0.815. The van der Waals surface area contributed by atoms with E-state index in [0.717, 1.165) is 5.56 Å². The summed E-state index contributed by atoms with van der Waals surface area (Å²) in [5.41, 5.74) is 0.952. The van der Waals surface area contributed by atoms with E-state index in [-0.39, 0.29) is 12.0 Å². The number of benzene rings is 1. The van der Waals surface area contributed by atoms with Gasteiger partial charge in [-0.25, -0.2) is 13.6 Å². The van der Waals surface area contributed by atoms with Gasteiger partial charge in [0.15, 0.2) is 0 Å². The Morgan fingerprint density at radius 2 is 1.83 bits per heavy atom. The number of rotatable bonds is 6. The maximum absolute atomic E-state index is 11.8. The van der Waals surface area contributed by atoms with Gasteiger partial charge < -0.3 is 10.4 Å². The van der Waals surface area contributed by atoms with Gasteiger partial charge in [0.25, 0.3) is 6.43 Å². The van der Waals surface area contributed by atoms with Crippen LogP contribution in [0.3, 0.4) is 0 Å². The zero-order chi connectivity index (χ0) is 13.5. The first-order chi connectivity index (χ1) is 8.49. The third-order valence-electron chi connectivity index (χ3n) is 2.30. The molecule has 0 radical (unpaired) electrons. The third-order valence-corrected chi connectivity index (χ3v) is 2.30. The molecule has 18 heavy (non-hydrogen) atoms. The second kappa shape index (κ2) is 6.68. The molecule has 0 aliphatic heterocycles. The summed E-state index contributed by atoms with van der Waals surface area (Å²) in [6.07, 6.45) is -2.07. The predicted octanol–water partition coefficient (Wildman–Crippen LogP) is 1.70. The number of hydrogen-bond donors (Lipinski definition) is 2. The van der Waals surface area contributed by atoms with Crippen LogP contribution < -0.4 is 5.32 Å². The molecule has 4 nitrogen and oxygen atoms in total. The highest BCUT2D eigenvalue weighted by Gasteiger charge is 2.07. The molecule has 0 heterocycles. The van der Waals surface area contributed by atoms with E-state index in [1.165, 1.54) is 12.1 Å². The fourth-order valence-corrected chi connectivity index (χ4v) is 1.35. The molecule has 1 amide bonds. The molecule has 0 atom stereocenters. The van der Waals surface area contributed by atoms with E-state index in [1.807, 2.05) is 0 Å². The van der Waals surface area contributed by atoms with Crippen LogP contribution in [-0.4, -0.2) is 30.0 Å². The number of alkyl halides is 2. The van der Waals surface area contributed by atoms with Crippen LogP contribution in [0.25, 0.3) is 0 Å². The summed E-state index contributed by atoms with van der Waals surface area (Å²) in [6, 6.07) is 6.08. The Bertz CT molecular complexity index is 418. The van der Waals surface area contributed by atoms with Crippen LogP contribution in [0.2, 0.25) is 0 Å². The lowest BCUT2D eigenvalue weighted by Crippen LogP contribution is -2.28. The number of carboxylic acids is 1. The SMILES string of the molecule is O=C(CCc1ccc(C(=O)O)cc1)NCC(F)F. The van der Waals surface area contributed by atoms with Crippen molar-refractivity contribution in [1.29, 1.82) is 0 Å². The highest BCUT2D eigenvalue weighted by atomic mass is 19.3. The van der Waals surface area contributed by atoms with Crippen molar-refractivity contribution in [3.05, 3.63) is 35.4 Å². The Hall–Kier alpha value is -1.98. The molecule has 0 aliphatic carbocycles. The summed E-state index contributed by atoms with van der Waals surface area (Å²) in [5, 5.41) is 10.8. The smallest absolute Gasteiger partial charge is 0.335 e. The van der Waals surface area contributed by atoms with Crippen LogP contribution >= 0.6 is 0 Å². The van der Waals surface area contributed by atoms with E-state index < -0.39 is 24.8 Å². The van der Waals surface area contributed by atoms with Crippen molar-refractivity contribution >= 4 is 11.9 Å². The molecule has 1 rings (SSSR count). The second-order valence-corrected chi connectivity index (χ2v) is 3.70. The van der Waals surface area contributed by atoms with Gasteiger partial charge in [-0.2, -0.15) is 0 Å². The Morgan fingerprint density at radius 1 is 1.22 bits per heavy atom. The normalized spacial score (nSPS) is 10.4. The van der Waals surface area contributed by atoms with Gasteiger partial charge in [-0.3, -0.25) is 4.79 Å². The molecule has 0 aliphatic rings. The average Bonchev–Trinajstić information content (AvgIpc) is 2.34. The van der Waals surface area contributed by atoms with Gasteiger partial charge >= 0.3 is 5.97 Å². The monoisotopic (exact) mass is 257 g/mol. The fourth-order valence-electron chi connectivity index (χ4n) is 1.35. The predicted molar refractivity (Wildman–Crippen MR) is 60.7 cm³/mol. The standard InChI is InChI=1S/C12H13F2NO3/c13-10(14)7-15-11(16)6-3-8-1-4-9(5-2-8)12(17)18/h1-2,4-5,10H,3,6-7H2,(H,15,16)(H,17,18). The number of hydrogen-bond acceptors (Lipinski definition) is 2. The van der Waals surface area contributed by atoms with E-state index in [1.54, 1.807) is 12.1 Å². The number of aromatic carboxylic acids is 1. The topological polar surface area (TPSA) is 66.4 Å². The van der Waals surface area contributed by atoms with Gasteiger partial charge in [-0.1, -0.05) is 12.1 Å². The lowest BCUT2D eigenvalue weighted by atomic mass is 10.1. The van der Waals surface area contributed by atoms with Gasteiger partial charge in [0.1, 0.15) is 0 Å². The summed E-state index contributed by atoms with van der Waals surface area (Å²) < 4.78 is 23.6. The van der Waals surface area contributed by atoms with Crippen LogP contribution in [0.5, 0.6) is 0 Å². The summed E-state index contributed by atoms with van der Waals surface area (Å²) >= 11 is 0. The summed E-state index contributed by atoms with van der Waals surface area (Å²) in [5.74, 6) is -1.46. The Labute approximate surface area is 103 Å². The molecule has 0 bridgehead atoms. The Kier molecular flexibility index (Phi) is 5.23. The van der Waals surface area contributed by atoms with E-state index in [2.05, 4.69) is 5.32 Å². The molecule has 0 saturated heterocycles. The van der Waals surface area contributed by atoms with Crippen LogP contribution in [-0.2, 0) is 11.2 Å². The van der Waals surface area contributed by atoms with Gasteiger partial charge in [0, 0.05) is 6.42 Å². The van der Waals surface area contributed by atoms with Gasteiger partial charge in [-0.05, 0) is 24.1 Å². The van der Waals surface area contributed by atoms with Crippen LogP contribution in [0.1, 0.15) is 22.3 Å². The Morgan fingerprint density at radius 3 is 2.33 bits per heavy atom. The first-order valence-electron chi connectivity index (χ1n) is 5.36.